The molecular formula is C24H48O8Si2. The minimum Gasteiger partial charge on any atom is -0.469 e. The van der Waals surface area contributed by atoms with Crippen LogP contribution in [0.25, 0.3) is 0 Å². The molecule has 2 heterocycles. The van der Waals surface area contributed by atoms with Crippen molar-refractivity contribution in [2.45, 2.75) is 90.0 Å². The number of esters is 2. The molecule has 4 unspecified atom stereocenters. The maximum absolute atomic E-state index is 11.6. The molecule has 2 aliphatic heterocycles. The first kappa shape index (κ1) is 31.2. The second-order valence-electron chi connectivity index (χ2n) is 12.2. The van der Waals surface area contributed by atoms with Crippen molar-refractivity contribution in [2.75, 3.05) is 40.6 Å². The summed E-state index contributed by atoms with van der Waals surface area (Å²) in [5.74, 6) is -0.999. The number of ether oxygens (including phenoxy) is 4. The molecule has 2 aliphatic rings. The van der Waals surface area contributed by atoms with Gasteiger partial charge in [-0.15, -0.1) is 0 Å². The third kappa shape index (κ3) is 8.13. The van der Waals surface area contributed by atoms with Crippen LogP contribution in [0.1, 0.15) is 41.5 Å². The zero-order chi connectivity index (χ0) is 26.5. The molecule has 0 spiro atoms. The van der Waals surface area contributed by atoms with Crippen molar-refractivity contribution >= 4 is 28.6 Å². The molecule has 0 N–H and O–H groups in total. The van der Waals surface area contributed by atoms with E-state index in [4.69, 9.17) is 27.8 Å². The predicted octanol–water partition coefficient (Wildman–Crippen LogP) is 4.39. The molecular weight excluding hydrogens is 472 g/mol. The topological polar surface area (TPSA) is 89.5 Å². The van der Waals surface area contributed by atoms with E-state index in [1.165, 1.54) is 14.2 Å². The molecule has 0 aromatic rings. The zero-order valence-electron chi connectivity index (χ0n) is 23.4. The summed E-state index contributed by atoms with van der Waals surface area (Å²) in [7, 11) is -0.903. The Bertz CT molecular complexity index is 623. The van der Waals surface area contributed by atoms with E-state index in [1.807, 2.05) is 0 Å². The minimum atomic E-state index is -1.86. The Morgan fingerprint density at radius 2 is 0.941 bits per heavy atom. The number of hydrogen-bond donors (Lipinski definition) is 0. The predicted molar refractivity (Wildman–Crippen MR) is 137 cm³/mol. The highest BCUT2D eigenvalue weighted by Gasteiger charge is 2.45. The lowest BCUT2D eigenvalue weighted by atomic mass is 10.1. The zero-order valence-corrected chi connectivity index (χ0v) is 25.4. The van der Waals surface area contributed by atoms with Crippen molar-refractivity contribution in [3.63, 3.8) is 0 Å². The SMILES string of the molecule is COC(=O)C1COCC1O[Si](C)(C)C(C)(C)C.COC(=O)C1COCC1O[Si](C)(C)C(C)(C)C. The summed E-state index contributed by atoms with van der Waals surface area (Å²) in [6.07, 6.45) is -0.299. The Kier molecular flexibility index (Phi) is 11.0. The third-order valence-electron chi connectivity index (χ3n) is 7.57. The molecule has 0 amide bonds. The summed E-state index contributed by atoms with van der Waals surface area (Å²) >= 11 is 0. The molecule has 2 fully saturated rings. The molecule has 8 nitrogen and oxygen atoms in total. The molecule has 2 rings (SSSR count). The number of methoxy groups -OCH3 is 2. The van der Waals surface area contributed by atoms with Crippen LogP contribution in [0.2, 0.25) is 36.3 Å². The van der Waals surface area contributed by atoms with Crippen LogP contribution in [-0.2, 0) is 37.4 Å². The fourth-order valence-corrected chi connectivity index (χ4v) is 5.84. The lowest BCUT2D eigenvalue weighted by Gasteiger charge is -2.38. The minimum absolute atomic E-state index is 0.135. The van der Waals surface area contributed by atoms with Crippen molar-refractivity contribution < 1.29 is 37.4 Å². The van der Waals surface area contributed by atoms with E-state index in [9.17, 15) is 9.59 Å². The van der Waals surface area contributed by atoms with E-state index in [2.05, 4.69) is 67.7 Å². The van der Waals surface area contributed by atoms with Crippen LogP contribution in [-0.4, -0.2) is 81.4 Å². The van der Waals surface area contributed by atoms with Gasteiger partial charge in [-0.2, -0.15) is 0 Å². The fourth-order valence-electron chi connectivity index (χ4n) is 3.15. The van der Waals surface area contributed by atoms with Crippen LogP contribution < -0.4 is 0 Å². The van der Waals surface area contributed by atoms with Crippen molar-refractivity contribution in [1.82, 2.24) is 0 Å². The van der Waals surface area contributed by atoms with Gasteiger partial charge < -0.3 is 27.8 Å². The van der Waals surface area contributed by atoms with Gasteiger partial charge in [0.2, 0.25) is 0 Å². The summed E-state index contributed by atoms with van der Waals surface area (Å²) in [5, 5.41) is 0.270. The van der Waals surface area contributed by atoms with Gasteiger partial charge in [0.1, 0.15) is 11.8 Å². The van der Waals surface area contributed by atoms with Crippen molar-refractivity contribution in [3.05, 3.63) is 0 Å². The largest absolute Gasteiger partial charge is 0.469 e. The first-order valence-electron chi connectivity index (χ1n) is 12.0. The Hall–Kier alpha value is -0.786. The van der Waals surface area contributed by atoms with Gasteiger partial charge in [0.15, 0.2) is 16.6 Å². The van der Waals surface area contributed by atoms with Crippen LogP contribution in [0, 0.1) is 11.8 Å². The van der Waals surface area contributed by atoms with Crippen LogP contribution >= 0.6 is 0 Å². The van der Waals surface area contributed by atoms with Gasteiger partial charge in [-0.3, -0.25) is 9.59 Å². The van der Waals surface area contributed by atoms with E-state index < -0.39 is 16.6 Å². The molecule has 0 bridgehead atoms. The number of carbonyl (C=O) groups excluding carboxylic acids is 2. The first-order chi connectivity index (χ1) is 15.4. The lowest BCUT2D eigenvalue weighted by molar-refractivity contribution is -0.148. The fraction of sp³-hybridized carbons (Fsp3) is 0.917. The van der Waals surface area contributed by atoms with Gasteiger partial charge >= 0.3 is 11.9 Å². The summed E-state index contributed by atoms with van der Waals surface area (Å²) < 4.78 is 32.7. The summed E-state index contributed by atoms with van der Waals surface area (Å²) in [6.45, 7) is 23.6. The summed E-state index contributed by atoms with van der Waals surface area (Å²) in [4.78, 5) is 23.2. The van der Waals surface area contributed by atoms with Gasteiger partial charge in [0.25, 0.3) is 0 Å². The maximum atomic E-state index is 11.6. The Balaban J connectivity index is 0.000000340. The molecule has 10 heteroatoms. The Labute approximate surface area is 208 Å². The lowest BCUT2D eigenvalue weighted by Crippen LogP contribution is -2.46. The van der Waals surface area contributed by atoms with Crippen LogP contribution in [0.4, 0.5) is 0 Å². The second kappa shape index (κ2) is 12.0. The molecule has 2 saturated heterocycles. The standard InChI is InChI=1S/2C12H24O4Si/c2*1-12(2,3)17(5,6)16-10-8-15-7-9(10)11(13)14-4/h2*9-10H,7-8H2,1-6H3. The third-order valence-corrected chi connectivity index (χ3v) is 16.6. The summed E-state index contributed by atoms with van der Waals surface area (Å²) in [5.41, 5.74) is 0. The van der Waals surface area contributed by atoms with E-state index in [-0.39, 0.29) is 46.1 Å². The van der Waals surface area contributed by atoms with Crippen LogP contribution in [0.5, 0.6) is 0 Å². The highest BCUT2D eigenvalue weighted by Crippen LogP contribution is 2.40. The van der Waals surface area contributed by atoms with E-state index in [1.54, 1.807) is 0 Å². The van der Waals surface area contributed by atoms with Gasteiger partial charge in [0, 0.05) is 0 Å². The van der Waals surface area contributed by atoms with Crippen molar-refractivity contribution in [2.24, 2.45) is 11.8 Å². The first-order valence-corrected chi connectivity index (χ1v) is 17.9. The second-order valence-corrected chi connectivity index (χ2v) is 21.7. The number of hydrogen-bond acceptors (Lipinski definition) is 8. The highest BCUT2D eigenvalue weighted by atomic mass is 28.4. The molecule has 0 saturated carbocycles. The highest BCUT2D eigenvalue weighted by molar-refractivity contribution is 6.74. The van der Waals surface area contributed by atoms with Crippen molar-refractivity contribution in [3.8, 4) is 0 Å². The van der Waals surface area contributed by atoms with E-state index in [0.717, 1.165) is 0 Å². The monoisotopic (exact) mass is 520 g/mol. The molecule has 0 aliphatic carbocycles. The van der Waals surface area contributed by atoms with Gasteiger partial charge in [-0.05, 0) is 36.3 Å². The van der Waals surface area contributed by atoms with Crippen LogP contribution in [0.15, 0.2) is 0 Å². The molecule has 34 heavy (non-hydrogen) atoms. The van der Waals surface area contributed by atoms with Crippen LogP contribution in [0.3, 0.4) is 0 Å². The molecule has 200 valence electrons. The number of rotatable bonds is 6. The maximum Gasteiger partial charge on any atom is 0.313 e. The Morgan fingerprint density at radius 3 is 1.18 bits per heavy atom. The van der Waals surface area contributed by atoms with E-state index in [0.29, 0.717) is 26.4 Å². The smallest absolute Gasteiger partial charge is 0.313 e. The molecule has 4 atom stereocenters. The molecule has 0 aromatic heterocycles. The summed E-state index contributed by atoms with van der Waals surface area (Å²) in [6, 6.07) is 0. The van der Waals surface area contributed by atoms with Gasteiger partial charge in [0.05, 0.1) is 52.9 Å². The average Bonchev–Trinajstić information content (AvgIpc) is 3.34. The molecule has 0 radical (unpaired) electrons. The normalized spacial score (nSPS) is 26.0. The van der Waals surface area contributed by atoms with Crippen molar-refractivity contribution in [1.29, 1.82) is 0 Å². The molecule has 0 aromatic carbocycles. The van der Waals surface area contributed by atoms with Gasteiger partial charge in [-0.25, -0.2) is 0 Å². The Morgan fingerprint density at radius 1 is 0.647 bits per heavy atom. The average molecular weight is 521 g/mol. The quantitative estimate of drug-likeness (QED) is 0.376. The van der Waals surface area contributed by atoms with E-state index >= 15 is 0 Å². The number of carbonyl (C=O) groups is 2. The van der Waals surface area contributed by atoms with Gasteiger partial charge in [-0.1, -0.05) is 41.5 Å².